The number of hydrazine groups is 1. The van der Waals surface area contributed by atoms with Crippen LogP contribution in [0, 0.1) is 0 Å². The first kappa shape index (κ1) is 23.9. The van der Waals surface area contributed by atoms with Gasteiger partial charge in [0.2, 0.25) is 0 Å². The highest BCUT2D eigenvalue weighted by Crippen LogP contribution is 2.42. The number of rotatable bonds is 4. The van der Waals surface area contributed by atoms with Gasteiger partial charge in [0.15, 0.2) is 0 Å². The lowest BCUT2D eigenvalue weighted by Crippen LogP contribution is -2.22. The van der Waals surface area contributed by atoms with Crippen LogP contribution in [0.15, 0.2) is 40.1 Å². The Morgan fingerprint density at radius 1 is 0.889 bits per heavy atom. The van der Waals surface area contributed by atoms with E-state index in [2.05, 4.69) is 5.43 Å². The molecular weight excluding hydrogens is 465 g/mol. The zero-order valence-corrected chi connectivity index (χ0v) is 17.1. The Hall–Kier alpha value is -1.15. The second kappa shape index (κ2) is 9.37. The summed E-state index contributed by atoms with van der Waals surface area (Å²) in [6.45, 7) is -0.0401. The van der Waals surface area contributed by atoms with Crippen molar-refractivity contribution < 1.29 is 25.9 Å². The van der Waals surface area contributed by atoms with Gasteiger partial charge in [-0.1, -0.05) is 53.0 Å². The molecule has 0 radical (unpaired) electrons. The third-order valence-electron chi connectivity index (χ3n) is 2.98. The normalized spacial score (nSPS) is 11.6. The molecule has 9 nitrogen and oxygen atoms in total. The van der Waals surface area contributed by atoms with Crippen LogP contribution in [0.4, 0.5) is 5.69 Å². The summed E-state index contributed by atoms with van der Waals surface area (Å²) in [6.07, 6.45) is 0. The van der Waals surface area contributed by atoms with E-state index in [4.69, 9.17) is 55.5 Å². The van der Waals surface area contributed by atoms with Gasteiger partial charge < -0.3 is 5.73 Å². The van der Waals surface area contributed by atoms with Gasteiger partial charge in [-0.05, 0) is 12.1 Å². The molecule has 0 aliphatic heterocycles. The first-order valence-corrected chi connectivity index (χ1v) is 10.7. The molecule has 0 aromatic heterocycles. The predicted molar refractivity (Wildman–Crippen MR) is 103 cm³/mol. The minimum Gasteiger partial charge on any atom is -0.396 e. The maximum Gasteiger partial charge on any atom is 0.297 e. The van der Waals surface area contributed by atoms with Gasteiger partial charge >= 0.3 is 0 Å². The van der Waals surface area contributed by atoms with E-state index in [-0.39, 0.29) is 32.7 Å². The van der Waals surface area contributed by atoms with Crippen molar-refractivity contribution in [2.75, 3.05) is 5.73 Å². The maximum absolute atomic E-state index is 11.1. The van der Waals surface area contributed by atoms with Gasteiger partial charge in [0.1, 0.15) is 4.90 Å². The zero-order valence-electron chi connectivity index (χ0n) is 13.2. The molecule has 0 spiro atoms. The number of hydrogen-bond acceptors (Lipinski definition) is 7. The number of hydrogen-bond donors (Lipinski definition) is 5. The van der Waals surface area contributed by atoms with Gasteiger partial charge in [0, 0.05) is 12.1 Å². The van der Waals surface area contributed by atoms with E-state index in [1.807, 2.05) is 0 Å². The molecule has 2 aromatic rings. The van der Waals surface area contributed by atoms with Crippen LogP contribution in [0.25, 0.3) is 0 Å². The molecule has 0 aliphatic carbocycles. The van der Waals surface area contributed by atoms with Crippen molar-refractivity contribution in [2.24, 2.45) is 5.84 Å². The SMILES string of the molecule is NNCc1c(Cl)c(N)c(Cl)c(S(=O)(=O)O)c1Cl.O=S(=O)(O)c1ccccc1. The van der Waals surface area contributed by atoms with Crippen LogP contribution >= 0.6 is 34.8 Å². The molecule has 0 atom stereocenters. The first-order chi connectivity index (χ1) is 12.3. The smallest absolute Gasteiger partial charge is 0.297 e. The van der Waals surface area contributed by atoms with Gasteiger partial charge in [0.05, 0.1) is 25.7 Å². The van der Waals surface area contributed by atoms with Gasteiger partial charge in [-0.3, -0.25) is 20.4 Å². The van der Waals surface area contributed by atoms with Crippen molar-refractivity contribution in [2.45, 2.75) is 16.3 Å². The molecule has 150 valence electrons. The largest absolute Gasteiger partial charge is 0.396 e. The van der Waals surface area contributed by atoms with Gasteiger partial charge in [-0.25, -0.2) is 0 Å². The Labute approximate surface area is 170 Å². The Kier molecular flexibility index (Phi) is 8.29. The highest BCUT2D eigenvalue weighted by molar-refractivity contribution is 7.86. The fourth-order valence-electron chi connectivity index (χ4n) is 1.79. The quantitative estimate of drug-likeness (QED) is 0.191. The summed E-state index contributed by atoms with van der Waals surface area (Å²) in [5, 5.41) is -0.775. The summed E-state index contributed by atoms with van der Waals surface area (Å²) in [7, 11) is -8.62. The standard InChI is InChI=1S/C7H8Cl3N3O3S.C6H6O3S/c8-3-2(1-13-12)4(9)7(17(14,15)16)5(10)6(3)11;7-10(8,9)6-4-2-1-3-5-6/h13H,1,11-12H2,(H,14,15,16);1-5H,(H,7,8,9). The first-order valence-electron chi connectivity index (χ1n) is 6.70. The van der Waals surface area contributed by atoms with Crippen molar-refractivity contribution in [3.05, 3.63) is 51.0 Å². The summed E-state index contributed by atoms with van der Waals surface area (Å²) in [6, 6.07) is 7.42. The summed E-state index contributed by atoms with van der Waals surface area (Å²) in [4.78, 5) is -0.761. The molecule has 0 amide bonds. The van der Waals surface area contributed by atoms with Crippen LogP contribution in [-0.4, -0.2) is 25.9 Å². The third kappa shape index (κ3) is 6.17. The third-order valence-corrected chi connectivity index (χ3v) is 6.24. The molecular formula is C13H14Cl3N3O6S2. The average molecular weight is 479 g/mol. The minimum absolute atomic E-state index is 0.0228. The van der Waals surface area contributed by atoms with Gasteiger partial charge in [-0.2, -0.15) is 16.8 Å². The molecule has 0 heterocycles. The van der Waals surface area contributed by atoms with Crippen molar-refractivity contribution in [3.63, 3.8) is 0 Å². The molecule has 0 saturated heterocycles. The number of anilines is 1. The van der Waals surface area contributed by atoms with Crippen molar-refractivity contribution in [3.8, 4) is 0 Å². The average Bonchev–Trinajstić information content (AvgIpc) is 2.56. The molecule has 2 aromatic carbocycles. The Morgan fingerprint density at radius 2 is 1.41 bits per heavy atom. The van der Waals surface area contributed by atoms with E-state index in [1.165, 1.54) is 12.1 Å². The molecule has 0 aliphatic rings. The van der Waals surface area contributed by atoms with Crippen molar-refractivity contribution >= 4 is 60.7 Å². The second-order valence-electron chi connectivity index (χ2n) is 4.81. The number of benzene rings is 2. The Morgan fingerprint density at radius 3 is 1.78 bits per heavy atom. The molecule has 27 heavy (non-hydrogen) atoms. The Balaban J connectivity index is 0.000000309. The molecule has 0 bridgehead atoms. The van der Waals surface area contributed by atoms with Crippen molar-refractivity contribution in [1.82, 2.24) is 5.43 Å². The minimum atomic E-state index is -4.62. The molecule has 0 unspecified atom stereocenters. The molecule has 2 rings (SSSR count). The number of halogens is 3. The van der Waals surface area contributed by atoms with E-state index in [9.17, 15) is 16.8 Å². The van der Waals surface area contributed by atoms with Gasteiger partial charge in [0.25, 0.3) is 20.2 Å². The van der Waals surface area contributed by atoms with E-state index < -0.39 is 30.2 Å². The highest BCUT2D eigenvalue weighted by atomic mass is 35.5. The van der Waals surface area contributed by atoms with Crippen LogP contribution in [0.1, 0.15) is 5.56 Å². The molecule has 0 fully saturated rings. The zero-order chi connectivity index (χ0) is 21.0. The van der Waals surface area contributed by atoms with Crippen LogP contribution in [0.5, 0.6) is 0 Å². The van der Waals surface area contributed by atoms with Crippen LogP contribution in [0.3, 0.4) is 0 Å². The van der Waals surface area contributed by atoms with E-state index in [0.717, 1.165) is 0 Å². The highest BCUT2D eigenvalue weighted by Gasteiger charge is 2.26. The van der Waals surface area contributed by atoms with Crippen molar-refractivity contribution in [1.29, 1.82) is 0 Å². The monoisotopic (exact) mass is 477 g/mol. The van der Waals surface area contributed by atoms with Gasteiger partial charge in [-0.15, -0.1) is 0 Å². The summed E-state index contributed by atoms with van der Waals surface area (Å²) in [5.41, 5.74) is 7.69. The van der Waals surface area contributed by atoms with E-state index >= 15 is 0 Å². The van der Waals surface area contributed by atoms with Crippen LogP contribution < -0.4 is 17.0 Å². The molecule has 14 heteroatoms. The summed E-state index contributed by atoms with van der Waals surface area (Å²) >= 11 is 17.3. The fourth-order valence-corrected chi connectivity index (χ4v) is 4.41. The Bertz CT molecular complexity index is 1030. The summed E-state index contributed by atoms with van der Waals surface area (Å²) in [5.74, 6) is 5.09. The molecule has 7 N–H and O–H groups in total. The number of nitrogens with two attached hydrogens (primary N) is 2. The lowest BCUT2D eigenvalue weighted by molar-refractivity contribution is 0.481. The fraction of sp³-hybridized carbons (Fsp3) is 0.0769. The lowest BCUT2D eigenvalue weighted by Gasteiger charge is -2.14. The predicted octanol–water partition coefficient (Wildman–Crippen LogP) is 2.37. The lowest BCUT2D eigenvalue weighted by atomic mass is 10.2. The molecule has 0 saturated carbocycles. The van der Waals surface area contributed by atoms with E-state index in [1.54, 1.807) is 18.2 Å². The van der Waals surface area contributed by atoms with E-state index in [0.29, 0.717) is 0 Å². The van der Waals surface area contributed by atoms with Crippen LogP contribution in [-0.2, 0) is 26.8 Å². The maximum atomic E-state index is 11.1. The number of nitrogen functional groups attached to an aromatic ring is 1. The summed E-state index contributed by atoms with van der Waals surface area (Å²) < 4.78 is 60.5. The second-order valence-corrected chi connectivity index (χ2v) is 8.72. The topological polar surface area (TPSA) is 173 Å². The van der Waals surface area contributed by atoms with Crippen LogP contribution in [0.2, 0.25) is 15.1 Å². The number of nitrogens with one attached hydrogen (secondary N) is 1.